The van der Waals surface area contributed by atoms with Crippen LogP contribution in [0.3, 0.4) is 0 Å². The summed E-state index contributed by atoms with van der Waals surface area (Å²) < 4.78 is 28.8. The van der Waals surface area contributed by atoms with Gasteiger partial charge in [0.1, 0.15) is 18.8 Å². The molecule has 194 valence electrons. The van der Waals surface area contributed by atoms with Gasteiger partial charge in [0.05, 0.1) is 6.10 Å². The fraction of sp³-hybridized carbons (Fsp3) is 0.833. The van der Waals surface area contributed by atoms with Crippen LogP contribution in [0.4, 0.5) is 0 Å². The molecule has 0 aromatic carbocycles. The first kappa shape index (κ1) is 28.0. The van der Waals surface area contributed by atoms with E-state index in [1.54, 1.807) is 0 Å². The van der Waals surface area contributed by atoms with Crippen LogP contribution in [-0.4, -0.2) is 67.2 Å². The van der Waals surface area contributed by atoms with Gasteiger partial charge in [0.15, 0.2) is 18.5 Å². The first-order valence-corrected chi connectivity index (χ1v) is 11.9. The van der Waals surface area contributed by atoms with Crippen molar-refractivity contribution < 1.29 is 42.9 Å². The molecule has 2 rings (SSSR count). The molecule has 1 heterocycles. The van der Waals surface area contributed by atoms with Crippen molar-refractivity contribution in [3.05, 3.63) is 0 Å². The van der Waals surface area contributed by atoms with E-state index in [2.05, 4.69) is 26.1 Å². The first-order chi connectivity index (χ1) is 15.9. The number of esters is 3. The van der Waals surface area contributed by atoms with Crippen molar-refractivity contribution in [1.29, 1.82) is 0 Å². The Balaban J connectivity index is 2.43. The van der Waals surface area contributed by atoms with Crippen molar-refractivity contribution >= 4 is 23.8 Å². The predicted octanol–water partition coefficient (Wildman–Crippen LogP) is 2.12. The molecule has 34 heavy (non-hydrogen) atoms. The Morgan fingerprint density at radius 3 is 2.09 bits per heavy atom. The largest absolute Gasteiger partial charge is 0.463 e. The van der Waals surface area contributed by atoms with Crippen molar-refractivity contribution in [1.82, 2.24) is 5.32 Å². The molecule has 1 aliphatic heterocycles. The van der Waals surface area contributed by atoms with Gasteiger partial charge in [0, 0.05) is 27.7 Å². The third-order valence-electron chi connectivity index (χ3n) is 6.34. The smallest absolute Gasteiger partial charge is 0.303 e. The number of hydrogen-bond donors (Lipinski definition) is 1. The second-order valence-corrected chi connectivity index (χ2v) is 9.72. The van der Waals surface area contributed by atoms with E-state index in [4.69, 9.17) is 23.7 Å². The van der Waals surface area contributed by atoms with Crippen molar-refractivity contribution in [2.75, 3.05) is 6.61 Å². The Bertz CT molecular complexity index is 740. The molecule has 8 atom stereocenters. The molecular formula is C24H39NO9. The summed E-state index contributed by atoms with van der Waals surface area (Å²) in [6.45, 7) is 11.2. The SMILES string of the molecule is CC(=O)N[C@@H]1[C@H](O[C@@H]2C[C@H](C)CC[C@@H]2C(C)C)O[C@H](COC(C)=O)[C@@H](OC(C)=O)[C@@H]1OC(C)=O. The molecule has 10 heteroatoms. The summed E-state index contributed by atoms with van der Waals surface area (Å²) in [5.74, 6) is -1.10. The van der Waals surface area contributed by atoms with Crippen LogP contribution in [0.1, 0.15) is 67.7 Å². The Labute approximate surface area is 201 Å². The highest BCUT2D eigenvalue weighted by atomic mass is 16.7. The number of amides is 1. The number of rotatable bonds is 8. The third kappa shape index (κ3) is 7.94. The Kier molecular flexibility index (Phi) is 10.3. The van der Waals surface area contributed by atoms with E-state index in [1.165, 1.54) is 27.7 Å². The number of carbonyl (C=O) groups is 4. The summed E-state index contributed by atoms with van der Waals surface area (Å²) in [6.07, 6.45) is -1.45. The fourth-order valence-corrected chi connectivity index (χ4v) is 4.85. The average Bonchev–Trinajstić information content (AvgIpc) is 2.69. The van der Waals surface area contributed by atoms with Crippen molar-refractivity contribution in [3.63, 3.8) is 0 Å². The Morgan fingerprint density at radius 2 is 1.56 bits per heavy atom. The van der Waals surface area contributed by atoms with Gasteiger partial charge < -0.3 is 29.0 Å². The molecule has 1 aliphatic carbocycles. The molecule has 2 fully saturated rings. The van der Waals surface area contributed by atoms with E-state index in [1.807, 2.05) is 0 Å². The van der Waals surface area contributed by atoms with Gasteiger partial charge >= 0.3 is 17.9 Å². The van der Waals surface area contributed by atoms with Gasteiger partial charge in [-0.2, -0.15) is 0 Å². The molecule has 1 saturated carbocycles. The average molecular weight is 486 g/mol. The van der Waals surface area contributed by atoms with Gasteiger partial charge in [-0.15, -0.1) is 0 Å². The zero-order valence-electron chi connectivity index (χ0n) is 21.2. The summed E-state index contributed by atoms with van der Waals surface area (Å²) in [5, 5.41) is 2.76. The summed E-state index contributed by atoms with van der Waals surface area (Å²) >= 11 is 0. The Morgan fingerprint density at radius 1 is 0.941 bits per heavy atom. The number of carbonyl (C=O) groups excluding carboxylic acids is 4. The standard InChI is InChI=1S/C24H39NO9/c1-12(2)18-9-8-13(3)10-19(18)33-24-21(25-14(4)26)23(32-17(7)29)22(31-16(6)28)20(34-24)11-30-15(5)27/h12-13,18-24H,8-11H2,1-7H3,(H,25,26)/t13-,18-,19-,20-,21+,22-,23-,24-/m1/s1. The van der Waals surface area contributed by atoms with Crippen molar-refractivity contribution in [3.8, 4) is 0 Å². The van der Waals surface area contributed by atoms with E-state index in [0.29, 0.717) is 11.8 Å². The highest BCUT2D eigenvalue weighted by Crippen LogP contribution is 2.38. The van der Waals surface area contributed by atoms with Crippen molar-refractivity contribution in [2.45, 2.75) is 104 Å². The van der Waals surface area contributed by atoms with Crippen LogP contribution in [0.15, 0.2) is 0 Å². The molecule has 1 saturated heterocycles. The summed E-state index contributed by atoms with van der Waals surface area (Å²) in [7, 11) is 0. The molecule has 0 unspecified atom stereocenters. The highest BCUT2D eigenvalue weighted by molar-refractivity contribution is 5.73. The Hall–Kier alpha value is -2.20. The van der Waals surface area contributed by atoms with Crippen LogP contribution < -0.4 is 5.32 Å². The monoisotopic (exact) mass is 485 g/mol. The zero-order valence-corrected chi connectivity index (χ0v) is 21.2. The van der Waals surface area contributed by atoms with Gasteiger partial charge in [-0.05, 0) is 30.6 Å². The van der Waals surface area contributed by atoms with E-state index in [0.717, 1.165) is 19.3 Å². The lowest BCUT2D eigenvalue weighted by atomic mass is 9.75. The first-order valence-electron chi connectivity index (χ1n) is 11.9. The van der Waals surface area contributed by atoms with Crippen LogP contribution in [0, 0.1) is 17.8 Å². The molecule has 10 nitrogen and oxygen atoms in total. The lowest BCUT2D eigenvalue weighted by Crippen LogP contribution is -2.67. The maximum Gasteiger partial charge on any atom is 0.303 e. The van der Waals surface area contributed by atoms with Crippen molar-refractivity contribution in [2.24, 2.45) is 17.8 Å². The molecule has 0 aromatic rings. The number of hydrogen-bond acceptors (Lipinski definition) is 9. The van der Waals surface area contributed by atoms with Gasteiger partial charge in [-0.25, -0.2) is 0 Å². The quantitative estimate of drug-likeness (QED) is 0.406. The molecule has 0 aromatic heterocycles. The van der Waals surface area contributed by atoms with E-state index >= 15 is 0 Å². The topological polar surface area (TPSA) is 126 Å². The number of ether oxygens (including phenoxy) is 5. The van der Waals surface area contributed by atoms with Crippen LogP contribution in [0.5, 0.6) is 0 Å². The third-order valence-corrected chi connectivity index (χ3v) is 6.34. The van der Waals surface area contributed by atoms with Gasteiger partial charge in [-0.1, -0.05) is 27.2 Å². The lowest BCUT2D eigenvalue weighted by Gasteiger charge is -2.47. The molecule has 0 radical (unpaired) electrons. The predicted molar refractivity (Wildman–Crippen MR) is 120 cm³/mol. The molecule has 2 aliphatic rings. The van der Waals surface area contributed by atoms with Gasteiger partial charge in [0.2, 0.25) is 5.91 Å². The number of nitrogens with one attached hydrogen (secondary N) is 1. The molecule has 0 spiro atoms. The van der Waals surface area contributed by atoms with E-state index < -0.39 is 54.5 Å². The normalized spacial score (nSPS) is 33.6. The van der Waals surface area contributed by atoms with Crippen LogP contribution in [0.2, 0.25) is 0 Å². The highest BCUT2D eigenvalue weighted by Gasteiger charge is 2.52. The maximum absolute atomic E-state index is 12.1. The molecular weight excluding hydrogens is 446 g/mol. The fourth-order valence-electron chi connectivity index (χ4n) is 4.85. The summed E-state index contributed by atoms with van der Waals surface area (Å²) in [5.41, 5.74) is 0. The van der Waals surface area contributed by atoms with E-state index in [-0.39, 0.29) is 18.6 Å². The minimum Gasteiger partial charge on any atom is -0.463 e. The molecule has 1 amide bonds. The van der Waals surface area contributed by atoms with Gasteiger partial charge in [0.25, 0.3) is 0 Å². The second-order valence-electron chi connectivity index (χ2n) is 9.72. The van der Waals surface area contributed by atoms with Crippen LogP contribution >= 0.6 is 0 Å². The lowest BCUT2D eigenvalue weighted by molar-refractivity contribution is -0.295. The molecule has 1 N–H and O–H groups in total. The minimum atomic E-state index is -1.12. The van der Waals surface area contributed by atoms with Crippen LogP contribution in [0.25, 0.3) is 0 Å². The van der Waals surface area contributed by atoms with Gasteiger partial charge in [-0.3, -0.25) is 19.2 Å². The molecule has 0 bridgehead atoms. The minimum absolute atomic E-state index is 0.150. The van der Waals surface area contributed by atoms with Crippen LogP contribution in [-0.2, 0) is 42.9 Å². The second kappa shape index (κ2) is 12.5. The maximum atomic E-state index is 12.1. The summed E-state index contributed by atoms with van der Waals surface area (Å²) in [6, 6.07) is -0.940. The zero-order chi connectivity index (χ0) is 25.6. The summed E-state index contributed by atoms with van der Waals surface area (Å²) in [4.78, 5) is 47.4. The van der Waals surface area contributed by atoms with E-state index in [9.17, 15) is 19.2 Å².